The lowest BCUT2D eigenvalue weighted by Gasteiger charge is -2.08. The van der Waals surface area contributed by atoms with Gasteiger partial charge in [0.2, 0.25) is 0 Å². The van der Waals surface area contributed by atoms with E-state index in [2.05, 4.69) is 89.8 Å². The normalized spacial score (nSPS) is 18.6. The molecule has 8 aliphatic heterocycles. The van der Waals surface area contributed by atoms with Crippen molar-refractivity contribution in [3.05, 3.63) is 395 Å². The molecule has 8 heterocycles. The van der Waals surface area contributed by atoms with Gasteiger partial charge in [-0.15, -0.1) is 23.5 Å². The Morgan fingerprint density at radius 1 is 0.223 bits per heavy atom. The first-order valence-corrected chi connectivity index (χ1v) is 53.1. The van der Waals surface area contributed by atoms with Crippen molar-refractivity contribution in [2.75, 3.05) is 83.6 Å². The molecule has 16 rings (SSSR count). The molecule has 0 bridgehead atoms. The van der Waals surface area contributed by atoms with Crippen molar-refractivity contribution in [3.8, 4) is 60.1 Å². The quantitative estimate of drug-likeness (QED) is 0.0388. The predicted octanol–water partition coefficient (Wildman–Crippen LogP) is 29.5. The average Bonchev–Trinajstić information content (AvgIpc) is 1.51. The van der Waals surface area contributed by atoms with Gasteiger partial charge in [0.05, 0.1) is 58.8 Å². The number of methoxy groups -OCH3 is 2. The Morgan fingerprint density at radius 3 is 0.581 bits per heavy atom. The molecule has 0 radical (unpaired) electrons. The van der Waals surface area contributed by atoms with Crippen LogP contribution in [0.1, 0.15) is 44.5 Å². The number of nitrogens with zero attached hydrogens (tertiary/aromatic N) is 16. The van der Waals surface area contributed by atoms with E-state index in [0.29, 0.717) is 86.3 Å². The molecule has 744 valence electrons. The summed E-state index contributed by atoms with van der Waals surface area (Å²) in [7, 11) is 15.2. The summed E-state index contributed by atoms with van der Waals surface area (Å²) in [6, 6.07) is 77.6. The first kappa shape index (κ1) is 117. The van der Waals surface area contributed by atoms with Gasteiger partial charge in [0, 0.05) is 91.4 Å². The minimum Gasteiger partial charge on any atom is -0.496 e. The highest BCUT2D eigenvalue weighted by Gasteiger charge is 2.25. The number of rotatable bonds is 20. The number of oxime groups is 8. The molecule has 40 heteroatoms. The zero-order valence-electron chi connectivity index (χ0n) is 80.5. The Balaban J connectivity index is 0.000000188. The van der Waals surface area contributed by atoms with Gasteiger partial charge in [0.25, 0.3) is 0 Å². The van der Waals surface area contributed by atoms with Crippen LogP contribution in [-0.2, 0) is 38.7 Å². The van der Waals surface area contributed by atoms with E-state index in [0.717, 1.165) is 114 Å². The minimum absolute atomic E-state index is 0.545. The summed E-state index contributed by atoms with van der Waals surface area (Å²) in [4.78, 5) is 46.9. The molecule has 0 saturated carbocycles. The number of ether oxygens (including phenoxy) is 2. The second-order valence-corrected chi connectivity index (χ2v) is 40.0. The summed E-state index contributed by atoms with van der Waals surface area (Å²) in [5.41, 5.74) is 11.3. The number of allylic oxidation sites excluding steroid dienone is 16. The number of hydrogen-bond donors (Lipinski definition) is 0. The van der Waals surface area contributed by atoms with Crippen LogP contribution in [0.3, 0.4) is 0 Å². The largest absolute Gasteiger partial charge is 0.496 e. The molecule has 8 aliphatic rings. The molecule has 8 aromatic carbocycles. The summed E-state index contributed by atoms with van der Waals surface area (Å²) in [6.45, 7) is 0. The van der Waals surface area contributed by atoms with E-state index in [1.54, 1.807) is 86.3 Å². The lowest BCUT2D eigenvalue weighted by molar-refractivity contribution is 0.215. The van der Waals surface area contributed by atoms with Crippen LogP contribution in [-0.4, -0.2) is 124 Å². The summed E-state index contributed by atoms with van der Waals surface area (Å²) >= 11 is 38.5. The van der Waals surface area contributed by atoms with Crippen molar-refractivity contribution in [2.24, 2.45) is 41.2 Å². The van der Waals surface area contributed by atoms with Crippen molar-refractivity contribution in [1.29, 1.82) is 42.1 Å². The number of benzene rings is 8. The van der Waals surface area contributed by atoms with Gasteiger partial charge in [-0.05, 0) is 217 Å². The maximum Gasteiger partial charge on any atom is 0.140 e. The predicted molar refractivity (Wildman–Crippen MR) is 618 cm³/mol. The lowest BCUT2D eigenvalue weighted by atomic mass is 10.1. The van der Waals surface area contributed by atoms with Crippen LogP contribution in [0, 0.1) is 90.6 Å². The Kier molecular flexibility index (Phi) is 50.5. The number of nitriles is 8. The third kappa shape index (κ3) is 34.9. The topological polar surface area (TPSA) is 382 Å². The van der Waals surface area contributed by atoms with Crippen LogP contribution in [0.15, 0.2) is 382 Å². The van der Waals surface area contributed by atoms with Crippen LogP contribution in [0.25, 0.3) is 44.6 Å². The van der Waals surface area contributed by atoms with Crippen molar-refractivity contribution in [1.82, 2.24) is 0 Å². The summed E-state index contributed by atoms with van der Waals surface area (Å²) in [5.74, 6) is 1.36. The van der Waals surface area contributed by atoms with Crippen molar-refractivity contribution >= 4 is 249 Å². The Morgan fingerprint density at radius 2 is 0.399 bits per heavy atom. The van der Waals surface area contributed by atoms with Crippen molar-refractivity contribution in [3.63, 3.8) is 0 Å². The molecular formula is C108H84Cl4N16O10S10. The average molecular weight is 2230 g/mol. The molecule has 0 unspecified atom stereocenters. The highest BCUT2D eigenvalue weighted by Crippen LogP contribution is 2.44. The summed E-state index contributed by atoms with van der Waals surface area (Å²) < 4.78 is 10.6. The van der Waals surface area contributed by atoms with E-state index >= 15 is 0 Å². The van der Waals surface area contributed by atoms with E-state index < -0.39 is 0 Å². The van der Waals surface area contributed by atoms with E-state index in [-0.39, 0.29) is 0 Å². The smallest absolute Gasteiger partial charge is 0.140 e. The highest BCUT2D eigenvalue weighted by atomic mass is 35.5. The molecule has 148 heavy (non-hydrogen) atoms. The van der Waals surface area contributed by atoms with E-state index in [9.17, 15) is 42.1 Å². The van der Waals surface area contributed by atoms with Gasteiger partial charge in [-0.3, -0.25) is 0 Å². The Hall–Kier alpha value is -14.5. The molecule has 0 N–H and O–H groups in total. The van der Waals surface area contributed by atoms with Gasteiger partial charge in [0.1, 0.15) is 157 Å². The molecule has 8 aromatic rings. The highest BCUT2D eigenvalue weighted by molar-refractivity contribution is 8.20. The van der Waals surface area contributed by atoms with Crippen molar-refractivity contribution in [2.45, 2.75) is 9.79 Å². The molecule has 0 aromatic heterocycles. The zero-order valence-corrected chi connectivity index (χ0v) is 91.7. The number of para-hydroxylation sites is 2. The molecular weight excluding hydrogens is 2140 g/mol. The Bertz CT molecular complexity index is 6950. The van der Waals surface area contributed by atoms with Gasteiger partial charge in [-0.1, -0.05) is 291 Å². The first-order chi connectivity index (χ1) is 72.1. The minimum atomic E-state index is 0.545. The maximum absolute atomic E-state index is 9.39. The molecule has 0 amide bonds. The lowest BCUT2D eigenvalue weighted by Crippen LogP contribution is -1.91. The van der Waals surface area contributed by atoms with E-state index in [4.69, 9.17) is 94.6 Å². The third-order valence-electron chi connectivity index (χ3n) is 19.1. The summed E-state index contributed by atoms with van der Waals surface area (Å²) in [6.07, 6.45) is 33.5. The molecule has 0 aliphatic carbocycles. The monoisotopic (exact) mass is 2220 g/mol. The third-order valence-corrected chi connectivity index (χ3v) is 29.6. The molecule has 0 atom stereocenters. The van der Waals surface area contributed by atoms with Crippen LogP contribution >= 0.6 is 164 Å². The van der Waals surface area contributed by atoms with Crippen LogP contribution < -0.4 is 9.47 Å². The number of thioether (sulfide) groups is 10. The first-order valence-electron chi connectivity index (χ1n) is 42.7. The van der Waals surface area contributed by atoms with E-state index in [1.165, 1.54) is 161 Å². The number of hydrogen-bond acceptors (Lipinski definition) is 36. The fourth-order valence-corrected chi connectivity index (χ4v) is 21.1. The van der Waals surface area contributed by atoms with Crippen LogP contribution in [0.2, 0.25) is 20.1 Å². The molecule has 0 fully saturated rings. The summed E-state index contributed by atoms with van der Waals surface area (Å²) in [5, 5.41) is 114. The fourth-order valence-electron chi connectivity index (χ4n) is 12.6. The van der Waals surface area contributed by atoms with Crippen molar-refractivity contribution < 1.29 is 48.2 Å². The SMILES string of the molecule is CON=C1C=C/C(=C(/C#N)c2ccc(Cl)cc2)S1.CON=C1C=C/C(=C(/C#N)c2ccc(SC)cc2)S1.CON=C1C=C/C(=C(/C#N)c2ccccc2Cl)S1.CON=C1C=C/C(=C(/C#N)c2ccccc2OC)S1.CON=C1C=C/C(=C(\C#N)c2ccc(Cl)cc2)S1.CON=C1C=C/C(=C(\C#N)c2ccc(SC)cc2)S1.CON=C1C=C/C(=C(\C#N)c2ccccc2Cl)S1.CON=C1C=C/C(=C(\C#N)c2ccccc2OC)S1. The van der Waals surface area contributed by atoms with E-state index in [1.807, 2.05) is 255 Å². The van der Waals surface area contributed by atoms with Gasteiger partial charge in [-0.2, -0.15) is 42.1 Å². The Labute approximate surface area is 920 Å². The molecule has 0 saturated heterocycles. The molecule has 0 spiro atoms. The van der Waals surface area contributed by atoms with Crippen LogP contribution in [0.4, 0.5) is 0 Å². The standard InChI is InChI=1S/2C14H12N2O2S.2C14H12N2OS2.4C13H9ClN2OS/c2*1-17-12-6-4-3-5-10(12)11(9-15)13-7-8-14(19-13)16-18-2;2*1-17-16-14-8-7-13(19-14)12(9-15)10-3-5-11(18-2)6-4-10;2*1-17-16-13-7-6-12(18-13)11(8-15)9-2-4-10(14)5-3-9;2*1-17-16-13-7-6-12(18-13)10(8-15)9-4-2-3-5-11(9)14/h4*3-8H,1-2H3;4*2-7H,1H3/b13-11+,16-14?;13-11-,16-14?;13-12+,16-14?;13-12-,16-14?;12-11+,16-13?;12-11-,16-13?;12-10+,16-13?;12-10-,16-13?. The van der Waals surface area contributed by atoms with Gasteiger partial charge < -0.3 is 48.2 Å². The van der Waals surface area contributed by atoms with Gasteiger partial charge in [0.15, 0.2) is 0 Å². The second kappa shape index (κ2) is 63.8. The van der Waals surface area contributed by atoms with Gasteiger partial charge >= 0.3 is 0 Å². The van der Waals surface area contributed by atoms with Crippen LogP contribution in [0.5, 0.6) is 11.5 Å². The maximum atomic E-state index is 9.39. The number of halogens is 4. The second-order valence-electron chi connectivity index (χ2n) is 28.0. The van der Waals surface area contributed by atoms with Gasteiger partial charge in [-0.25, -0.2) is 0 Å². The zero-order chi connectivity index (χ0) is 106. The fraction of sp³-hybridized carbons (Fsp3) is 0.111. The molecule has 26 nitrogen and oxygen atoms in total.